The molecule has 1 aromatic heterocycles. The number of fused-ring (bicyclic) bond motifs is 1. The predicted molar refractivity (Wildman–Crippen MR) is 95.6 cm³/mol. The third-order valence-electron chi connectivity index (χ3n) is 4.11. The van der Waals surface area contributed by atoms with Crippen molar-refractivity contribution in [3.8, 4) is 0 Å². The molecule has 0 aliphatic rings. The average molecular weight is 322 g/mol. The third-order valence-corrected chi connectivity index (χ3v) is 4.35. The highest BCUT2D eigenvalue weighted by molar-refractivity contribution is 6.31. The minimum Gasteiger partial charge on any atom is -0.331 e. The van der Waals surface area contributed by atoms with E-state index in [2.05, 4.69) is 28.3 Å². The predicted octanol–water partition coefficient (Wildman–Crippen LogP) is 4.98. The number of imidazole rings is 1. The van der Waals surface area contributed by atoms with Crippen molar-refractivity contribution in [1.82, 2.24) is 14.5 Å². The molecule has 0 saturated heterocycles. The van der Waals surface area contributed by atoms with Gasteiger partial charge in [-0.1, -0.05) is 38.3 Å². The monoisotopic (exact) mass is 321 g/mol. The van der Waals surface area contributed by atoms with Gasteiger partial charge in [-0.15, -0.1) is 0 Å². The summed E-state index contributed by atoms with van der Waals surface area (Å²) < 4.78 is 2.22. The molecule has 0 amide bonds. The van der Waals surface area contributed by atoms with Crippen LogP contribution in [0.4, 0.5) is 0 Å². The van der Waals surface area contributed by atoms with E-state index in [1.54, 1.807) is 0 Å². The van der Waals surface area contributed by atoms with Gasteiger partial charge in [0, 0.05) is 11.6 Å². The van der Waals surface area contributed by atoms with Gasteiger partial charge in [0.15, 0.2) is 0 Å². The van der Waals surface area contributed by atoms with E-state index in [0.29, 0.717) is 0 Å². The normalized spacial score (nSPS) is 11.6. The van der Waals surface area contributed by atoms with Crippen molar-refractivity contribution in [2.75, 3.05) is 19.6 Å². The maximum atomic E-state index is 6.10. The van der Waals surface area contributed by atoms with E-state index in [-0.39, 0.29) is 0 Å². The molecule has 4 heteroatoms. The molecule has 2 rings (SSSR count). The number of aryl methyl sites for hydroxylation is 1. The second kappa shape index (κ2) is 9.16. The maximum absolute atomic E-state index is 6.10. The lowest BCUT2D eigenvalue weighted by atomic mass is 10.2. The molecule has 0 aliphatic heterocycles. The molecule has 0 saturated carbocycles. The van der Waals surface area contributed by atoms with E-state index in [0.717, 1.165) is 29.0 Å². The molecule has 3 nitrogen and oxygen atoms in total. The summed E-state index contributed by atoms with van der Waals surface area (Å²) in [5.74, 6) is 0. The standard InChI is InChI=1S/C18H28ClN3/c1-3-5-10-21(11-6-4-2)12-7-13-22-15-20-17-9-8-16(19)14-18(17)22/h8-9,14-15H,3-7,10-13H2,1-2H3. The smallest absolute Gasteiger partial charge is 0.0958 e. The summed E-state index contributed by atoms with van der Waals surface area (Å²) in [5.41, 5.74) is 2.17. The zero-order valence-corrected chi connectivity index (χ0v) is 14.6. The Balaban J connectivity index is 1.88. The van der Waals surface area contributed by atoms with Crippen LogP contribution >= 0.6 is 11.6 Å². The summed E-state index contributed by atoms with van der Waals surface area (Å²) in [6.07, 6.45) is 8.23. The van der Waals surface area contributed by atoms with Crippen molar-refractivity contribution in [3.05, 3.63) is 29.5 Å². The second-order valence-corrected chi connectivity index (χ2v) is 6.41. The van der Waals surface area contributed by atoms with Gasteiger partial charge in [0.05, 0.1) is 17.4 Å². The zero-order valence-electron chi connectivity index (χ0n) is 13.9. The summed E-state index contributed by atoms with van der Waals surface area (Å²) in [5, 5.41) is 0.779. The Hall–Kier alpha value is -1.06. The fraction of sp³-hybridized carbons (Fsp3) is 0.611. The summed E-state index contributed by atoms with van der Waals surface area (Å²) in [6.45, 7) is 9.16. The molecule has 0 radical (unpaired) electrons. The zero-order chi connectivity index (χ0) is 15.8. The molecule has 1 aromatic carbocycles. The van der Waals surface area contributed by atoms with Crippen molar-refractivity contribution >= 4 is 22.6 Å². The number of halogens is 1. The van der Waals surface area contributed by atoms with Crippen molar-refractivity contribution in [2.45, 2.75) is 52.5 Å². The molecule has 0 atom stereocenters. The van der Waals surface area contributed by atoms with Crippen LogP contribution in [0.2, 0.25) is 5.02 Å². The largest absolute Gasteiger partial charge is 0.331 e. The molecule has 0 fully saturated rings. The van der Waals surface area contributed by atoms with Crippen LogP contribution in [0.25, 0.3) is 11.0 Å². The number of aromatic nitrogens is 2. The highest BCUT2D eigenvalue weighted by Crippen LogP contribution is 2.18. The Morgan fingerprint density at radius 1 is 1.05 bits per heavy atom. The summed E-state index contributed by atoms with van der Waals surface area (Å²) in [7, 11) is 0. The van der Waals surface area contributed by atoms with E-state index < -0.39 is 0 Å². The van der Waals surface area contributed by atoms with Crippen LogP contribution in [-0.4, -0.2) is 34.1 Å². The fourth-order valence-electron chi connectivity index (χ4n) is 2.77. The Morgan fingerprint density at radius 3 is 2.41 bits per heavy atom. The molecule has 22 heavy (non-hydrogen) atoms. The van der Waals surface area contributed by atoms with Crippen LogP contribution in [0.5, 0.6) is 0 Å². The lowest BCUT2D eigenvalue weighted by Gasteiger charge is -2.22. The van der Waals surface area contributed by atoms with Gasteiger partial charge in [-0.25, -0.2) is 4.98 Å². The van der Waals surface area contributed by atoms with E-state index in [1.807, 2.05) is 24.5 Å². The fourth-order valence-corrected chi connectivity index (χ4v) is 2.94. The minimum absolute atomic E-state index is 0.779. The van der Waals surface area contributed by atoms with Gasteiger partial charge in [-0.2, -0.15) is 0 Å². The Kier molecular flexibility index (Phi) is 7.20. The second-order valence-electron chi connectivity index (χ2n) is 5.97. The number of hydrogen-bond acceptors (Lipinski definition) is 2. The first-order valence-corrected chi connectivity index (χ1v) is 8.95. The Labute approximate surface area is 139 Å². The minimum atomic E-state index is 0.779. The first-order chi connectivity index (χ1) is 10.7. The molecule has 0 N–H and O–H groups in total. The number of rotatable bonds is 10. The van der Waals surface area contributed by atoms with E-state index in [4.69, 9.17) is 11.6 Å². The van der Waals surface area contributed by atoms with Gasteiger partial charge in [0.25, 0.3) is 0 Å². The van der Waals surface area contributed by atoms with E-state index in [1.165, 1.54) is 45.3 Å². The molecular weight excluding hydrogens is 294 g/mol. The van der Waals surface area contributed by atoms with Crippen molar-refractivity contribution < 1.29 is 0 Å². The molecule has 0 bridgehead atoms. The van der Waals surface area contributed by atoms with Crippen LogP contribution in [0, 0.1) is 0 Å². The SMILES string of the molecule is CCCCN(CCCC)CCCn1cnc2ccc(Cl)cc21. The van der Waals surface area contributed by atoms with Crippen LogP contribution < -0.4 is 0 Å². The number of unbranched alkanes of at least 4 members (excludes halogenated alkanes) is 2. The van der Waals surface area contributed by atoms with Crippen LogP contribution in [0.1, 0.15) is 46.0 Å². The van der Waals surface area contributed by atoms with Crippen molar-refractivity contribution in [2.24, 2.45) is 0 Å². The van der Waals surface area contributed by atoms with Gasteiger partial charge in [0.2, 0.25) is 0 Å². The average Bonchev–Trinajstić information content (AvgIpc) is 2.92. The highest BCUT2D eigenvalue weighted by atomic mass is 35.5. The number of hydrogen-bond donors (Lipinski definition) is 0. The summed E-state index contributed by atoms with van der Waals surface area (Å²) in [4.78, 5) is 7.06. The first-order valence-electron chi connectivity index (χ1n) is 8.57. The van der Waals surface area contributed by atoms with Crippen LogP contribution in [-0.2, 0) is 6.54 Å². The van der Waals surface area contributed by atoms with E-state index >= 15 is 0 Å². The molecular formula is C18H28ClN3. The van der Waals surface area contributed by atoms with Crippen molar-refractivity contribution in [1.29, 1.82) is 0 Å². The van der Waals surface area contributed by atoms with Gasteiger partial charge >= 0.3 is 0 Å². The molecule has 2 aromatic rings. The maximum Gasteiger partial charge on any atom is 0.0958 e. The summed E-state index contributed by atoms with van der Waals surface area (Å²) in [6, 6.07) is 5.90. The lowest BCUT2D eigenvalue weighted by Crippen LogP contribution is -2.27. The first kappa shape index (κ1) is 17.3. The van der Waals surface area contributed by atoms with Crippen molar-refractivity contribution in [3.63, 3.8) is 0 Å². The quantitative estimate of drug-likeness (QED) is 0.615. The Morgan fingerprint density at radius 2 is 1.73 bits per heavy atom. The van der Waals surface area contributed by atoms with Gasteiger partial charge in [0.1, 0.15) is 0 Å². The number of nitrogens with zero attached hydrogens (tertiary/aromatic N) is 3. The molecule has 0 spiro atoms. The molecule has 122 valence electrons. The lowest BCUT2D eigenvalue weighted by molar-refractivity contribution is 0.257. The highest BCUT2D eigenvalue weighted by Gasteiger charge is 2.06. The number of benzene rings is 1. The molecule has 0 aliphatic carbocycles. The third kappa shape index (κ3) is 4.99. The van der Waals surface area contributed by atoms with Gasteiger partial charge < -0.3 is 9.47 Å². The van der Waals surface area contributed by atoms with Crippen LogP contribution in [0.3, 0.4) is 0 Å². The van der Waals surface area contributed by atoms with Gasteiger partial charge in [-0.05, 0) is 57.1 Å². The summed E-state index contributed by atoms with van der Waals surface area (Å²) >= 11 is 6.10. The Bertz CT molecular complexity index is 556. The topological polar surface area (TPSA) is 21.1 Å². The van der Waals surface area contributed by atoms with Gasteiger partial charge in [-0.3, -0.25) is 0 Å². The van der Waals surface area contributed by atoms with Crippen LogP contribution in [0.15, 0.2) is 24.5 Å². The van der Waals surface area contributed by atoms with E-state index in [9.17, 15) is 0 Å². The molecule has 1 heterocycles. The molecule has 0 unspecified atom stereocenters.